The second kappa shape index (κ2) is 35.9. The summed E-state index contributed by atoms with van der Waals surface area (Å²) in [6.07, 6.45) is 20.2. The zero-order chi connectivity index (χ0) is 63.2. The summed E-state index contributed by atoms with van der Waals surface area (Å²) in [5.74, 6) is 0.561. The highest BCUT2D eigenvalue weighted by Crippen LogP contribution is 2.41. The highest BCUT2D eigenvalue weighted by atomic mass is 79.9. The molecular formula is C69H74Br7N7O6. The standard InChI is InChI=1S/C19H20Br2N2O2.C19H18Br2N2O.C12H16BrNO.C7H4BrNO.C6H6BrN.C6H10O/c20-13-5-9-15(10-6-13)22-19(25)23(16-11-7-14(21)8-12-16)17-3-1-2-4-18(17)24;20-13-5-9-15(10-6-13)22-17-3-1-2-4-18(17)23(19(22)24)16-11-7-14(21)8-12-16;13-9-5-7-10(8-6-9)14-11-3-1-2-4-12(11)15;8-6-1-3-7(4-2-6)10-5-9;7-5-1-3-6(8)4-2-5;1-2-4-6-5(3-1)7-6/h5-12,17-18,24H,1-4H2,(H,22,25);5-12,17-18H,1-4H2;5-8,11-12,14-15H,1-4H2;1-4H;1-4H,8H2;5-6H,1-4H2. The maximum atomic E-state index is 13.3. The van der Waals surface area contributed by atoms with Crippen LogP contribution in [0, 0.1) is 11.5 Å². The van der Waals surface area contributed by atoms with Gasteiger partial charge in [0, 0.05) is 65.4 Å². The number of nitrogens with zero attached hydrogens (tertiary/aromatic N) is 4. The quantitative estimate of drug-likeness (QED) is 0.0562. The molecule has 8 atom stereocenters. The third-order valence-electron chi connectivity index (χ3n) is 16.1. The number of nitriles is 1. The summed E-state index contributed by atoms with van der Waals surface area (Å²) < 4.78 is 16.9. The predicted octanol–water partition coefficient (Wildman–Crippen LogP) is 20.4. The van der Waals surface area contributed by atoms with Crippen LogP contribution in [-0.4, -0.2) is 70.9 Å². The van der Waals surface area contributed by atoms with E-state index in [1.807, 2.05) is 168 Å². The van der Waals surface area contributed by atoms with Crippen LogP contribution < -0.4 is 35.8 Å². The SMILES string of the molecule is C1CCC2OC2C1.N#COc1ccc(Br)cc1.Nc1ccc(Br)cc1.O=C(Nc1ccc(Br)cc1)N(c1ccc(Br)cc1)C1CCCCC1O.O=C1N(c2ccc(Br)cc2)C2CCCCC2N1c1ccc(Br)cc1.OC1CCCCC1Nc1ccc(Br)cc1. The van der Waals surface area contributed by atoms with Crippen LogP contribution in [0.25, 0.3) is 0 Å². The van der Waals surface area contributed by atoms with Gasteiger partial charge in [-0.25, -0.2) is 9.59 Å². The molecule has 20 heteroatoms. The van der Waals surface area contributed by atoms with E-state index in [2.05, 4.69) is 127 Å². The van der Waals surface area contributed by atoms with Crippen molar-refractivity contribution in [1.82, 2.24) is 0 Å². The number of benzene rings is 7. The molecule has 6 aliphatic rings. The number of aliphatic hydroxyl groups excluding tert-OH is 2. The van der Waals surface area contributed by atoms with E-state index in [1.165, 1.54) is 44.9 Å². The molecule has 8 unspecified atom stereocenters. The molecule has 2 aliphatic heterocycles. The van der Waals surface area contributed by atoms with Gasteiger partial charge in [0.05, 0.1) is 48.6 Å². The van der Waals surface area contributed by atoms with E-state index in [4.69, 9.17) is 15.7 Å². The number of nitrogen functional groups attached to an aromatic ring is 1. The third-order valence-corrected chi connectivity index (χ3v) is 19.8. The van der Waals surface area contributed by atoms with Crippen molar-refractivity contribution in [3.05, 3.63) is 201 Å². The van der Waals surface area contributed by atoms with Crippen molar-refractivity contribution < 1.29 is 29.3 Å². The summed E-state index contributed by atoms with van der Waals surface area (Å²) in [6.45, 7) is 0. The molecule has 0 aromatic heterocycles. The Bertz CT molecular complexity index is 3240. The normalized spacial score (nSPS) is 22.0. The fourth-order valence-electron chi connectivity index (χ4n) is 11.5. The van der Waals surface area contributed by atoms with Gasteiger partial charge in [0.2, 0.25) is 0 Å². The molecule has 7 aromatic rings. The number of carbonyl (C=O) groups is 2. The van der Waals surface area contributed by atoms with Gasteiger partial charge < -0.3 is 36.1 Å². The first kappa shape index (κ1) is 70.1. The Kier molecular flexibility index (Phi) is 28.2. The Labute approximate surface area is 582 Å². The van der Waals surface area contributed by atoms with Crippen LogP contribution in [-0.2, 0) is 4.74 Å². The maximum Gasteiger partial charge on any atom is 0.329 e. The van der Waals surface area contributed by atoms with Gasteiger partial charge in [-0.1, -0.05) is 163 Å². The number of hydrogen-bond acceptors (Lipinski definition) is 9. The van der Waals surface area contributed by atoms with Crippen LogP contribution in [0.1, 0.15) is 103 Å². The Morgan fingerprint density at radius 2 is 0.888 bits per heavy atom. The number of halogens is 7. The minimum atomic E-state index is -0.506. The Hall–Kier alpha value is -4.79. The summed E-state index contributed by atoms with van der Waals surface area (Å²) >= 11 is 23.7. The van der Waals surface area contributed by atoms with Crippen LogP contribution in [0.15, 0.2) is 201 Å². The maximum absolute atomic E-state index is 13.3. The lowest BCUT2D eigenvalue weighted by atomic mass is 9.90. The van der Waals surface area contributed by atoms with E-state index in [9.17, 15) is 19.8 Å². The largest absolute Gasteiger partial charge is 0.399 e. The lowest BCUT2D eigenvalue weighted by molar-refractivity contribution is 0.106. The van der Waals surface area contributed by atoms with Crippen LogP contribution in [0.3, 0.4) is 0 Å². The second-order valence-electron chi connectivity index (χ2n) is 22.4. The number of ether oxygens (including phenoxy) is 2. The van der Waals surface area contributed by atoms with Gasteiger partial charge in [-0.05, 0) is 221 Å². The van der Waals surface area contributed by atoms with E-state index in [-0.39, 0.29) is 42.3 Å². The van der Waals surface area contributed by atoms with E-state index < -0.39 is 6.10 Å². The molecule has 2 saturated heterocycles. The molecule has 0 bridgehead atoms. The first-order chi connectivity index (χ1) is 43.0. The molecule has 4 amide bonds. The fourth-order valence-corrected chi connectivity index (χ4v) is 13.4. The minimum absolute atomic E-state index is 0.0940. The van der Waals surface area contributed by atoms with Crippen LogP contribution >= 0.6 is 112 Å². The first-order valence-corrected chi connectivity index (χ1v) is 35.7. The molecule has 6 fully saturated rings. The van der Waals surface area contributed by atoms with E-state index in [1.54, 1.807) is 23.3 Å². The van der Waals surface area contributed by atoms with Crippen molar-refractivity contribution in [3.63, 3.8) is 0 Å². The number of amides is 4. The number of nitrogens with one attached hydrogen (secondary N) is 2. The number of anilines is 6. The molecule has 6 N–H and O–H groups in total. The van der Waals surface area contributed by atoms with Gasteiger partial charge in [-0.3, -0.25) is 14.7 Å². The van der Waals surface area contributed by atoms with Crippen molar-refractivity contribution in [2.24, 2.45) is 0 Å². The molecule has 13 nitrogen and oxygen atoms in total. The van der Waals surface area contributed by atoms with E-state index in [0.717, 1.165) is 123 Å². The third kappa shape index (κ3) is 21.9. The molecular weight excluding hydrogens is 1580 g/mol. The topological polar surface area (TPSA) is 180 Å². The Morgan fingerprint density at radius 1 is 0.506 bits per heavy atom. The number of carbonyl (C=O) groups excluding carboxylic acids is 2. The highest BCUT2D eigenvalue weighted by Gasteiger charge is 2.48. The fraction of sp³-hybridized carbons (Fsp3) is 0.348. The van der Waals surface area contributed by atoms with Crippen molar-refractivity contribution in [2.75, 3.05) is 31.1 Å². The van der Waals surface area contributed by atoms with Gasteiger partial charge in [0.1, 0.15) is 5.75 Å². The van der Waals surface area contributed by atoms with Crippen molar-refractivity contribution >= 4 is 158 Å². The molecule has 0 spiro atoms. The number of hydrogen-bond donors (Lipinski definition) is 5. The smallest absolute Gasteiger partial charge is 0.329 e. The molecule has 7 aromatic carbocycles. The van der Waals surface area contributed by atoms with Gasteiger partial charge in [0.15, 0.2) is 0 Å². The van der Waals surface area contributed by atoms with E-state index in [0.29, 0.717) is 18.0 Å². The van der Waals surface area contributed by atoms with Gasteiger partial charge in [0.25, 0.3) is 6.26 Å². The number of fused-ring (bicyclic) bond motifs is 2. The molecule has 0 radical (unpaired) electrons. The minimum Gasteiger partial charge on any atom is -0.399 e. The van der Waals surface area contributed by atoms with Crippen LogP contribution in [0.5, 0.6) is 5.75 Å². The van der Waals surface area contributed by atoms with Crippen LogP contribution in [0.2, 0.25) is 0 Å². The first-order valence-electron chi connectivity index (χ1n) is 30.1. The molecule has 4 saturated carbocycles. The predicted molar refractivity (Wildman–Crippen MR) is 385 cm³/mol. The Balaban J connectivity index is 0.000000147. The van der Waals surface area contributed by atoms with Crippen molar-refractivity contribution in [1.29, 1.82) is 5.26 Å². The number of nitrogens with two attached hydrogens (primary N) is 1. The van der Waals surface area contributed by atoms with Crippen molar-refractivity contribution in [3.8, 4) is 12.0 Å². The monoisotopic (exact) mass is 1650 g/mol. The number of aliphatic hydroxyl groups is 2. The lowest BCUT2D eigenvalue weighted by Crippen LogP contribution is -2.50. The molecule has 470 valence electrons. The lowest BCUT2D eigenvalue weighted by Gasteiger charge is -2.37. The summed E-state index contributed by atoms with van der Waals surface area (Å²) in [5.41, 5.74) is 10.8. The summed E-state index contributed by atoms with van der Waals surface area (Å²) in [5, 5.41) is 34.7. The van der Waals surface area contributed by atoms with E-state index >= 15 is 0 Å². The molecule has 89 heavy (non-hydrogen) atoms. The summed E-state index contributed by atoms with van der Waals surface area (Å²) in [7, 11) is 0. The number of epoxide rings is 1. The van der Waals surface area contributed by atoms with Gasteiger partial charge in [-0.2, -0.15) is 0 Å². The number of urea groups is 2. The second-order valence-corrected chi connectivity index (χ2v) is 28.8. The zero-order valence-corrected chi connectivity index (χ0v) is 60.2. The molecule has 4 aliphatic carbocycles. The van der Waals surface area contributed by atoms with Crippen LogP contribution in [0.4, 0.5) is 43.7 Å². The summed E-state index contributed by atoms with van der Waals surface area (Å²) in [6, 6.07) is 54.2. The highest BCUT2D eigenvalue weighted by molar-refractivity contribution is 9.11. The van der Waals surface area contributed by atoms with Crippen molar-refractivity contribution in [2.45, 2.75) is 151 Å². The zero-order valence-electron chi connectivity index (χ0n) is 49.1. The van der Waals surface area contributed by atoms with Gasteiger partial charge >= 0.3 is 12.1 Å². The summed E-state index contributed by atoms with van der Waals surface area (Å²) in [4.78, 5) is 32.0. The average molecular weight is 1660 g/mol. The molecule has 13 rings (SSSR count). The molecule has 2 heterocycles. The number of rotatable bonds is 8. The van der Waals surface area contributed by atoms with Gasteiger partial charge in [-0.15, -0.1) is 5.26 Å². The Morgan fingerprint density at radius 3 is 1.33 bits per heavy atom. The average Bonchev–Trinajstić information content (AvgIpc) is 1.74.